The zero-order valence-corrected chi connectivity index (χ0v) is 11.3. The van der Waals surface area contributed by atoms with Gasteiger partial charge in [0.1, 0.15) is 0 Å². The summed E-state index contributed by atoms with van der Waals surface area (Å²) in [5.41, 5.74) is 0.510. The highest BCUT2D eigenvalue weighted by Gasteiger charge is 2.34. The van der Waals surface area contributed by atoms with Gasteiger partial charge >= 0.3 is 0 Å². The Morgan fingerprint density at radius 1 is 1.25 bits per heavy atom. The molecule has 2 heteroatoms. The van der Waals surface area contributed by atoms with Gasteiger partial charge in [0.15, 0.2) is 0 Å². The normalized spacial score (nSPS) is 30.4. The van der Waals surface area contributed by atoms with E-state index in [1.807, 2.05) is 0 Å². The van der Waals surface area contributed by atoms with Crippen molar-refractivity contribution in [1.29, 1.82) is 0 Å². The van der Waals surface area contributed by atoms with E-state index in [2.05, 4.69) is 31.1 Å². The molecule has 16 heavy (non-hydrogen) atoms. The van der Waals surface area contributed by atoms with E-state index in [1.165, 1.54) is 51.6 Å². The summed E-state index contributed by atoms with van der Waals surface area (Å²) >= 11 is 0. The van der Waals surface area contributed by atoms with Gasteiger partial charge in [-0.2, -0.15) is 0 Å². The molecule has 1 heterocycles. The van der Waals surface area contributed by atoms with Crippen LogP contribution in [0.4, 0.5) is 0 Å². The maximum absolute atomic E-state index is 3.67. The Kier molecular flexibility index (Phi) is 3.91. The van der Waals surface area contributed by atoms with Gasteiger partial charge in [0.25, 0.3) is 0 Å². The number of hydrogen-bond donors (Lipinski definition) is 1. The molecule has 0 amide bonds. The molecule has 1 aliphatic heterocycles. The van der Waals surface area contributed by atoms with Crippen molar-refractivity contribution in [2.24, 2.45) is 5.41 Å². The first kappa shape index (κ1) is 12.4. The molecule has 2 aliphatic rings. The van der Waals surface area contributed by atoms with Gasteiger partial charge in [-0.15, -0.1) is 0 Å². The average Bonchev–Trinajstić information content (AvgIpc) is 2.83. The third-order valence-corrected chi connectivity index (χ3v) is 4.82. The van der Waals surface area contributed by atoms with E-state index in [1.54, 1.807) is 0 Å². The van der Waals surface area contributed by atoms with Crippen LogP contribution in [0.1, 0.15) is 52.4 Å². The molecule has 1 atom stereocenters. The van der Waals surface area contributed by atoms with Crippen LogP contribution in [0.2, 0.25) is 0 Å². The molecule has 2 fully saturated rings. The predicted molar refractivity (Wildman–Crippen MR) is 69.7 cm³/mol. The number of hydrogen-bond acceptors (Lipinski definition) is 2. The van der Waals surface area contributed by atoms with E-state index in [0.29, 0.717) is 5.41 Å². The lowest BCUT2D eigenvalue weighted by Gasteiger charge is -2.30. The molecular formula is C14H28N2. The second-order valence-electron chi connectivity index (χ2n) is 6.45. The summed E-state index contributed by atoms with van der Waals surface area (Å²) in [5, 5.41) is 3.67. The van der Waals surface area contributed by atoms with Gasteiger partial charge in [-0.3, -0.25) is 0 Å². The molecular weight excluding hydrogens is 196 g/mol. The first-order chi connectivity index (χ1) is 7.59. The van der Waals surface area contributed by atoms with Gasteiger partial charge < -0.3 is 10.2 Å². The largest absolute Gasteiger partial charge is 0.313 e. The minimum absolute atomic E-state index is 0.510. The SMILES string of the molecule is CN(CCC1NCCC1(C)C)C1CCCC1. The highest BCUT2D eigenvalue weighted by Crippen LogP contribution is 2.32. The Morgan fingerprint density at radius 3 is 2.50 bits per heavy atom. The Hall–Kier alpha value is -0.0800. The zero-order valence-electron chi connectivity index (χ0n) is 11.3. The van der Waals surface area contributed by atoms with Gasteiger partial charge in [-0.05, 0) is 51.2 Å². The third-order valence-electron chi connectivity index (χ3n) is 4.82. The van der Waals surface area contributed by atoms with Gasteiger partial charge in [0, 0.05) is 12.1 Å². The van der Waals surface area contributed by atoms with Crippen LogP contribution in [0.15, 0.2) is 0 Å². The van der Waals surface area contributed by atoms with E-state index in [4.69, 9.17) is 0 Å². The lowest BCUT2D eigenvalue weighted by atomic mass is 9.83. The van der Waals surface area contributed by atoms with Gasteiger partial charge in [0.2, 0.25) is 0 Å². The third kappa shape index (κ3) is 2.78. The molecule has 94 valence electrons. The lowest BCUT2D eigenvalue weighted by molar-refractivity contribution is 0.209. The average molecular weight is 224 g/mol. The summed E-state index contributed by atoms with van der Waals surface area (Å²) in [6.07, 6.45) is 8.41. The van der Waals surface area contributed by atoms with Crippen LogP contribution in [0.5, 0.6) is 0 Å². The van der Waals surface area contributed by atoms with Crippen molar-refractivity contribution in [3.8, 4) is 0 Å². The molecule has 1 N–H and O–H groups in total. The molecule has 0 radical (unpaired) electrons. The van der Waals surface area contributed by atoms with Crippen LogP contribution in [-0.4, -0.2) is 37.1 Å². The quantitative estimate of drug-likeness (QED) is 0.790. The lowest BCUT2D eigenvalue weighted by Crippen LogP contribution is -2.38. The Morgan fingerprint density at radius 2 is 1.94 bits per heavy atom. The van der Waals surface area contributed by atoms with E-state index in [0.717, 1.165) is 12.1 Å². The minimum Gasteiger partial charge on any atom is -0.313 e. The van der Waals surface area contributed by atoms with E-state index in [9.17, 15) is 0 Å². The van der Waals surface area contributed by atoms with Gasteiger partial charge in [0.05, 0.1) is 0 Å². The second-order valence-corrected chi connectivity index (χ2v) is 6.45. The fourth-order valence-electron chi connectivity index (χ4n) is 3.37. The second kappa shape index (κ2) is 5.05. The zero-order chi connectivity index (χ0) is 11.6. The maximum Gasteiger partial charge on any atom is 0.0131 e. The molecule has 2 rings (SSSR count). The maximum atomic E-state index is 3.67. The predicted octanol–water partition coefficient (Wildman–Crippen LogP) is 2.64. The van der Waals surface area contributed by atoms with Crippen molar-refractivity contribution in [2.45, 2.75) is 64.5 Å². The monoisotopic (exact) mass is 224 g/mol. The van der Waals surface area contributed by atoms with Crippen LogP contribution >= 0.6 is 0 Å². The summed E-state index contributed by atoms with van der Waals surface area (Å²) in [5.74, 6) is 0. The van der Waals surface area contributed by atoms with Crippen LogP contribution < -0.4 is 5.32 Å². The van der Waals surface area contributed by atoms with Crippen molar-refractivity contribution >= 4 is 0 Å². The van der Waals surface area contributed by atoms with Crippen molar-refractivity contribution in [2.75, 3.05) is 20.1 Å². The van der Waals surface area contributed by atoms with Crippen LogP contribution in [0.25, 0.3) is 0 Å². The molecule has 1 unspecified atom stereocenters. The summed E-state index contributed by atoms with van der Waals surface area (Å²) in [7, 11) is 2.32. The highest BCUT2D eigenvalue weighted by molar-refractivity contribution is 4.91. The van der Waals surface area contributed by atoms with Crippen molar-refractivity contribution in [3.05, 3.63) is 0 Å². The molecule has 1 saturated heterocycles. The highest BCUT2D eigenvalue weighted by atomic mass is 15.1. The summed E-state index contributed by atoms with van der Waals surface area (Å²) in [6.45, 7) is 7.30. The van der Waals surface area contributed by atoms with Crippen LogP contribution in [0.3, 0.4) is 0 Å². The van der Waals surface area contributed by atoms with Crippen LogP contribution in [0, 0.1) is 5.41 Å². The van der Waals surface area contributed by atoms with Gasteiger partial charge in [-0.25, -0.2) is 0 Å². The number of nitrogens with zero attached hydrogens (tertiary/aromatic N) is 1. The number of nitrogens with one attached hydrogen (secondary N) is 1. The Labute approximate surface area is 101 Å². The fraction of sp³-hybridized carbons (Fsp3) is 1.00. The van der Waals surface area contributed by atoms with Crippen molar-refractivity contribution in [1.82, 2.24) is 10.2 Å². The van der Waals surface area contributed by atoms with E-state index < -0.39 is 0 Å². The smallest absolute Gasteiger partial charge is 0.0131 e. The topological polar surface area (TPSA) is 15.3 Å². The molecule has 1 aliphatic carbocycles. The van der Waals surface area contributed by atoms with Crippen LogP contribution in [-0.2, 0) is 0 Å². The first-order valence-electron chi connectivity index (χ1n) is 7.03. The summed E-state index contributed by atoms with van der Waals surface area (Å²) in [6, 6.07) is 1.61. The standard InChI is InChI=1S/C14H28N2/c1-14(2)9-10-15-13(14)8-11-16(3)12-6-4-5-7-12/h12-13,15H,4-11H2,1-3H3. The minimum atomic E-state index is 0.510. The summed E-state index contributed by atoms with van der Waals surface area (Å²) in [4.78, 5) is 2.60. The molecule has 0 aromatic heterocycles. The molecule has 1 saturated carbocycles. The van der Waals surface area contributed by atoms with E-state index in [-0.39, 0.29) is 0 Å². The molecule has 0 aromatic carbocycles. The van der Waals surface area contributed by atoms with Gasteiger partial charge in [-0.1, -0.05) is 26.7 Å². The van der Waals surface area contributed by atoms with E-state index >= 15 is 0 Å². The van der Waals surface area contributed by atoms with Crippen molar-refractivity contribution < 1.29 is 0 Å². The molecule has 0 spiro atoms. The molecule has 0 bridgehead atoms. The molecule has 2 nitrogen and oxygen atoms in total. The van der Waals surface area contributed by atoms with Crippen molar-refractivity contribution in [3.63, 3.8) is 0 Å². The fourth-order valence-corrected chi connectivity index (χ4v) is 3.37. The molecule has 0 aromatic rings. The summed E-state index contributed by atoms with van der Waals surface area (Å²) < 4.78 is 0. The first-order valence-corrected chi connectivity index (χ1v) is 7.03. The number of rotatable bonds is 4. The Bertz CT molecular complexity index is 219. The Balaban J connectivity index is 1.74.